The quantitative estimate of drug-likeness (QED) is 0.412. The number of H-pyrrole nitrogens is 1. The SMILES string of the molecule is CO[C@H]1C[C@H]2C=C[C@H]3[C@@H]4O[C@@]2(/C(C)=C/[C@@H](C)[C@@H]([C@@H](C)O)OC1=O)[C@@H]3[C@H](O)[C@@H](C)[C@H]4OC(=O)c1ccc[nH]1. The first-order valence-corrected chi connectivity index (χ1v) is 13.1. The molecule has 0 unspecified atom stereocenters. The molecule has 1 saturated carbocycles. The summed E-state index contributed by atoms with van der Waals surface area (Å²) < 4.78 is 24.2. The van der Waals surface area contributed by atoms with Crippen LogP contribution in [0.3, 0.4) is 0 Å². The average molecular weight is 516 g/mol. The number of hydrogen-bond acceptors (Lipinski definition) is 8. The Morgan fingerprint density at radius 1 is 1.30 bits per heavy atom. The molecule has 1 aromatic rings. The number of carbonyl (C=O) groups excluding carboxylic acids is 2. The van der Waals surface area contributed by atoms with Crippen LogP contribution in [0.25, 0.3) is 0 Å². The van der Waals surface area contributed by atoms with E-state index in [0.717, 1.165) is 5.57 Å². The Balaban J connectivity index is 1.58. The maximum absolute atomic E-state index is 13.1. The number of aliphatic hydroxyl groups is 2. The molecular weight excluding hydrogens is 478 g/mol. The third-order valence-electron chi connectivity index (χ3n) is 8.94. The van der Waals surface area contributed by atoms with Crippen LogP contribution >= 0.6 is 0 Å². The highest BCUT2D eigenvalue weighted by molar-refractivity contribution is 5.87. The first-order valence-electron chi connectivity index (χ1n) is 13.1. The van der Waals surface area contributed by atoms with Gasteiger partial charge in [0.1, 0.15) is 29.6 Å². The van der Waals surface area contributed by atoms with Gasteiger partial charge in [-0.25, -0.2) is 9.59 Å². The van der Waals surface area contributed by atoms with Crippen molar-refractivity contribution in [3.8, 4) is 0 Å². The standard InChI is InChI=1S/C28H37NO8/c1-13-11-14(2)28-17(12-20(34-5)27(33)35-23(13)16(4)30)8-9-18-21(28)22(31)15(3)24(25(18)37-28)36-26(32)19-7-6-10-29-19/h6-11,13,15-18,20-25,29-31H,12H2,1-5H3/b14-11+/t13-,15-,16-,17-,18-,20+,21+,22-,23+,24-,25+,28-/m1/s1. The number of rotatable bonds is 4. The molecule has 4 aliphatic rings. The maximum Gasteiger partial charge on any atom is 0.355 e. The van der Waals surface area contributed by atoms with Crippen LogP contribution in [0, 0.1) is 29.6 Å². The fourth-order valence-electron chi connectivity index (χ4n) is 7.14. The monoisotopic (exact) mass is 515 g/mol. The van der Waals surface area contributed by atoms with Gasteiger partial charge in [0.25, 0.3) is 0 Å². The number of methoxy groups -OCH3 is 1. The second-order valence-electron chi connectivity index (χ2n) is 11.1. The lowest BCUT2D eigenvalue weighted by molar-refractivity contribution is -0.172. The van der Waals surface area contributed by atoms with Gasteiger partial charge in [0.15, 0.2) is 6.10 Å². The smallest absolute Gasteiger partial charge is 0.355 e. The molecule has 0 amide bonds. The lowest BCUT2D eigenvalue weighted by atomic mass is 9.57. The van der Waals surface area contributed by atoms with Gasteiger partial charge < -0.3 is 34.1 Å². The van der Waals surface area contributed by atoms with E-state index in [1.165, 1.54) is 7.11 Å². The second kappa shape index (κ2) is 9.69. The van der Waals surface area contributed by atoms with Crippen molar-refractivity contribution in [2.45, 2.75) is 76.3 Å². The largest absolute Gasteiger partial charge is 0.457 e. The van der Waals surface area contributed by atoms with E-state index in [9.17, 15) is 19.8 Å². The molecule has 2 aliphatic carbocycles. The molecule has 1 spiro atoms. The first-order chi connectivity index (χ1) is 17.6. The number of cyclic esters (lactones) is 1. The predicted molar refractivity (Wildman–Crippen MR) is 132 cm³/mol. The number of aromatic nitrogens is 1. The average Bonchev–Trinajstić information content (AvgIpc) is 3.46. The zero-order chi connectivity index (χ0) is 26.6. The van der Waals surface area contributed by atoms with E-state index in [0.29, 0.717) is 5.69 Å². The molecule has 0 radical (unpaired) electrons. The van der Waals surface area contributed by atoms with Crippen LogP contribution in [0.4, 0.5) is 0 Å². The van der Waals surface area contributed by atoms with E-state index in [-0.39, 0.29) is 36.0 Å². The van der Waals surface area contributed by atoms with Gasteiger partial charge in [-0.15, -0.1) is 0 Å². The molecular formula is C28H37NO8. The minimum absolute atomic E-state index is 0.175. The number of nitrogens with one attached hydrogen (secondary N) is 1. The molecule has 4 bridgehead atoms. The fraction of sp³-hybridized carbons (Fsp3) is 0.643. The number of hydrogen-bond donors (Lipinski definition) is 3. The van der Waals surface area contributed by atoms with Gasteiger partial charge >= 0.3 is 11.9 Å². The Morgan fingerprint density at radius 3 is 2.70 bits per heavy atom. The van der Waals surface area contributed by atoms with Gasteiger partial charge in [-0.1, -0.05) is 32.1 Å². The van der Waals surface area contributed by atoms with Crippen molar-refractivity contribution < 1.29 is 38.7 Å². The van der Waals surface area contributed by atoms with Crippen LogP contribution in [0.2, 0.25) is 0 Å². The van der Waals surface area contributed by atoms with E-state index in [2.05, 4.69) is 4.98 Å². The molecule has 2 aliphatic heterocycles. The van der Waals surface area contributed by atoms with Crippen LogP contribution in [-0.4, -0.2) is 76.5 Å². The van der Waals surface area contributed by atoms with E-state index in [1.54, 1.807) is 25.3 Å². The van der Waals surface area contributed by atoms with E-state index < -0.39 is 54.2 Å². The third-order valence-corrected chi connectivity index (χ3v) is 8.94. The fourth-order valence-corrected chi connectivity index (χ4v) is 7.14. The van der Waals surface area contributed by atoms with Gasteiger partial charge in [-0.05, 0) is 38.0 Å². The summed E-state index contributed by atoms with van der Waals surface area (Å²) in [5.74, 6) is -2.49. The number of ether oxygens (including phenoxy) is 4. The molecule has 1 aromatic heterocycles. The molecule has 0 aromatic carbocycles. The highest BCUT2D eigenvalue weighted by Gasteiger charge is 2.69. The van der Waals surface area contributed by atoms with E-state index in [1.807, 2.05) is 39.0 Å². The number of aromatic amines is 1. The molecule has 3 heterocycles. The van der Waals surface area contributed by atoms with E-state index in [4.69, 9.17) is 18.9 Å². The van der Waals surface area contributed by atoms with Crippen molar-refractivity contribution >= 4 is 11.9 Å². The van der Waals surface area contributed by atoms with Gasteiger partial charge in [0.2, 0.25) is 0 Å². The highest BCUT2D eigenvalue weighted by atomic mass is 16.6. The molecule has 3 N–H and O–H groups in total. The molecule has 2 fully saturated rings. The van der Waals surface area contributed by atoms with Crippen molar-refractivity contribution in [3.05, 3.63) is 47.8 Å². The summed E-state index contributed by atoms with van der Waals surface area (Å²) in [6.45, 7) is 7.35. The van der Waals surface area contributed by atoms with Gasteiger partial charge in [0.05, 0.1) is 12.2 Å². The van der Waals surface area contributed by atoms with Crippen LogP contribution in [0.15, 0.2) is 42.1 Å². The van der Waals surface area contributed by atoms with Crippen molar-refractivity contribution in [3.63, 3.8) is 0 Å². The zero-order valence-corrected chi connectivity index (χ0v) is 21.9. The summed E-state index contributed by atoms with van der Waals surface area (Å²) in [7, 11) is 1.46. The second-order valence-corrected chi connectivity index (χ2v) is 11.1. The van der Waals surface area contributed by atoms with Gasteiger partial charge in [-0.3, -0.25) is 0 Å². The first kappa shape index (κ1) is 26.2. The predicted octanol–water partition coefficient (Wildman–Crippen LogP) is 2.40. The summed E-state index contributed by atoms with van der Waals surface area (Å²) in [5, 5.41) is 22.1. The van der Waals surface area contributed by atoms with Crippen LogP contribution in [-0.2, 0) is 23.7 Å². The Bertz CT molecular complexity index is 1080. The summed E-state index contributed by atoms with van der Waals surface area (Å²) >= 11 is 0. The minimum Gasteiger partial charge on any atom is -0.457 e. The van der Waals surface area contributed by atoms with Crippen LogP contribution in [0.5, 0.6) is 0 Å². The molecule has 9 heteroatoms. The molecule has 37 heavy (non-hydrogen) atoms. The normalized spacial score (nSPS) is 45.3. The topological polar surface area (TPSA) is 127 Å². The number of aliphatic hydroxyl groups excluding tert-OH is 2. The highest BCUT2D eigenvalue weighted by Crippen LogP contribution is 2.61. The molecule has 5 rings (SSSR count). The summed E-state index contributed by atoms with van der Waals surface area (Å²) in [6, 6.07) is 3.37. The Hall–Kier alpha value is -2.46. The lowest BCUT2D eigenvalue weighted by Gasteiger charge is -2.48. The lowest BCUT2D eigenvalue weighted by Crippen LogP contribution is -2.57. The van der Waals surface area contributed by atoms with Crippen molar-refractivity contribution in [1.82, 2.24) is 4.98 Å². The van der Waals surface area contributed by atoms with Crippen molar-refractivity contribution in [1.29, 1.82) is 0 Å². The molecule has 202 valence electrons. The van der Waals surface area contributed by atoms with Crippen molar-refractivity contribution in [2.24, 2.45) is 29.6 Å². The molecule has 12 atom stereocenters. The minimum atomic E-state index is -0.933. The number of carbonyl (C=O) groups is 2. The van der Waals surface area contributed by atoms with Crippen molar-refractivity contribution in [2.75, 3.05) is 7.11 Å². The van der Waals surface area contributed by atoms with Gasteiger partial charge in [-0.2, -0.15) is 0 Å². The summed E-state index contributed by atoms with van der Waals surface area (Å²) in [5.41, 5.74) is 0.301. The third kappa shape index (κ3) is 4.07. The Morgan fingerprint density at radius 2 is 2.05 bits per heavy atom. The number of esters is 2. The van der Waals surface area contributed by atoms with Gasteiger partial charge in [0, 0.05) is 42.9 Å². The molecule has 1 saturated heterocycles. The molecule has 9 nitrogen and oxygen atoms in total. The summed E-state index contributed by atoms with van der Waals surface area (Å²) in [4.78, 5) is 28.8. The maximum atomic E-state index is 13.1. The van der Waals surface area contributed by atoms with Crippen LogP contribution in [0.1, 0.15) is 44.6 Å². The summed E-state index contributed by atoms with van der Waals surface area (Å²) in [6.07, 6.45) is 3.53. The van der Waals surface area contributed by atoms with Crippen LogP contribution < -0.4 is 0 Å². The zero-order valence-electron chi connectivity index (χ0n) is 21.9. The van der Waals surface area contributed by atoms with E-state index >= 15 is 0 Å². The Kier molecular flexibility index (Phi) is 6.85. The Labute approximate surface area is 216 Å².